The monoisotopic (exact) mass is 345 g/mol. The van der Waals surface area contributed by atoms with Crippen molar-refractivity contribution < 1.29 is 4.79 Å². The molecular formula is C22H23N3O. The zero-order valence-electron chi connectivity index (χ0n) is 15.3. The summed E-state index contributed by atoms with van der Waals surface area (Å²) in [5.74, 6) is -0.218. The highest BCUT2D eigenvalue weighted by molar-refractivity contribution is 6.03. The summed E-state index contributed by atoms with van der Waals surface area (Å²) in [6.07, 6.45) is 1.65. The SMILES string of the molecule is Cc1ccc(NC(=O)c2cc(NC(C)c3ccccc3)ccn2)cc1C. The number of nitrogens with one attached hydrogen (secondary N) is 2. The lowest BCUT2D eigenvalue weighted by atomic mass is 10.1. The number of carbonyl (C=O) groups excluding carboxylic acids is 1. The van der Waals surface area contributed by atoms with Crippen LogP contribution in [0.1, 0.15) is 40.1 Å². The average molecular weight is 345 g/mol. The number of aryl methyl sites for hydroxylation is 2. The Morgan fingerprint density at radius 2 is 1.69 bits per heavy atom. The minimum atomic E-state index is -0.218. The van der Waals surface area contributed by atoms with Crippen molar-refractivity contribution in [1.82, 2.24) is 4.98 Å². The lowest BCUT2D eigenvalue weighted by Gasteiger charge is -2.16. The molecule has 0 aliphatic heterocycles. The van der Waals surface area contributed by atoms with Gasteiger partial charge in [-0.2, -0.15) is 0 Å². The maximum Gasteiger partial charge on any atom is 0.274 e. The van der Waals surface area contributed by atoms with Gasteiger partial charge < -0.3 is 10.6 Å². The molecule has 1 amide bonds. The van der Waals surface area contributed by atoms with Crippen LogP contribution in [-0.4, -0.2) is 10.9 Å². The molecule has 4 nitrogen and oxygen atoms in total. The highest BCUT2D eigenvalue weighted by atomic mass is 16.1. The van der Waals surface area contributed by atoms with Crippen molar-refractivity contribution in [3.8, 4) is 0 Å². The summed E-state index contributed by atoms with van der Waals surface area (Å²) in [5.41, 5.74) is 5.54. The average Bonchev–Trinajstić information content (AvgIpc) is 2.65. The molecule has 0 fully saturated rings. The summed E-state index contributed by atoms with van der Waals surface area (Å²) < 4.78 is 0. The van der Waals surface area contributed by atoms with E-state index in [9.17, 15) is 4.79 Å². The normalized spacial score (nSPS) is 11.7. The summed E-state index contributed by atoms with van der Waals surface area (Å²) in [6, 6.07) is 19.8. The summed E-state index contributed by atoms with van der Waals surface area (Å²) in [7, 11) is 0. The largest absolute Gasteiger partial charge is 0.378 e. The number of carbonyl (C=O) groups is 1. The van der Waals surface area contributed by atoms with Gasteiger partial charge in [0.05, 0.1) is 0 Å². The molecule has 3 rings (SSSR count). The number of nitrogens with zero attached hydrogens (tertiary/aromatic N) is 1. The highest BCUT2D eigenvalue weighted by Gasteiger charge is 2.11. The molecule has 0 bridgehead atoms. The maximum absolute atomic E-state index is 12.5. The number of benzene rings is 2. The van der Waals surface area contributed by atoms with Crippen molar-refractivity contribution in [2.24, 2.45) is 0 Å². The van der Waals surface area contributed by atoms with E-state index < -0.39 is 0 Å². The molecule has 0 aliphatic rings. The van der Waals surface area contributed by atoms with Gasteiger partial charge in [-0.3, -0.25) is 9.78 Å². The number of aromatic nitrogens is 1. The topological polar surface area (TPSA) is 54.0 Å². The number of hydrogen-bond acceptors (Lipinski definition) is 3. The second-order valence-electron chi connectivity index (χ2n) is 6.46. The lowest BCUT2D eigenvalue weighted by molar-refractivity contribution is 0.102. The van der Waals surface area contributed by atoms with Crippen molar-refractivity contribution in [1.29, 1.82) is 0 Å². The van der Waals surface area contributed by atoms with Gasteiger partial charge >= 0.3 is 0 Å². The Bertz CT molecular complexity index is 906. The Kier molecular flexibility index (Phi) is 5.32. The van der Waals surface area contributed by atoms with Crippen LogP contribution < -0.4 is 10.6 Å². The van der Waals surface area contributed by atoms with E-state index in [-0.39, 0.29) is 11.9 Å². The van der Waals surface area contributed by atoms with Crippen LogP contribution in [0.15, 0.2) is 66.9 Å². The van der Waals surface area contributed by atoms with Crippen LogP contribution in [-0.2, 0) is 0 Å². The van der Waals surface area contributed by atoms with E-state index in [1.54, 1.807) is 12.3 Å². The van der Waals surface area contributed by atoms with Gasteiger partial charge in [-0.15, -0.1) is 0 Å². The number of amides is 1. The lowest BCUT2D eigenvalue weighted by Crippen LogP contribution is -2.14. The molecule has 132 valence electrons. The van der Waals surface area contributed by atoms with Gasteiger partial charge in [0.2, 0.25) is 0 Å². The standard InChI is InChI=1S/C22H23N3O/c1-15-9-10-19(13-16(15)2)25-22(26)21-14-20(11-12-23-21)24-17(3)18-7-5-4-6-8-18/h4-14,17H,1-3H3,(H,23,24)(H,25,26). The van der Waals surface area contributed by atoms with Gasteiger partial charge in [0, 0.05) is 23.6 Å². The van der Waals surface area contributed by atoms with E-state index in [0.29, 0.717) is 5.69 Å². The molecule has 1 atom stereocenters. The first-order valence-electron chi connectivity index (χ1n) is 8.69. The molecule has 0 spiro atoms. The minimum absolute atomic E-state index is 0.134. The third-order valence-corrected chi connectivity index (χ3v) is 4.44. The van der Waals surface area contributed by atoms with E-state index in [1.807, 2.05) is 56.3 Å². The van der Waals surface area contributed by atoms with Crippen molar-refractivity contribution >= 4 is 17.3 Å². The number of anilines is 2. The van der Waals surface area contributed by atoms with Crippen LogP contribution in [0.25, 0.3) is 0 Å². The molecule has 0 radical (unpaired) electrons. The molecule has 0 saturated heterocycles. The van der Waals surface area contributed by atoms with Crippen LogP contribution in [0, 0.1) is 13.8 Å². The Morgan fingerprint density at radius 1 is 0.923 bits per heavy atom. The van der Waals surface area contributed by atoms with Gasteiger partial charge in [-0.05, 0) is 61.7 Å². The Balaban J connectivity index is 1.72. The van der Waals surface area contributed by atoms with Crippen LogP contribution in [0.4, 0.5) is 11.4 Å². The second kappa shape index (κ2) is 7.83. The molecular weight excluding hydrogens is 322 g/mol. The summed E-state index contributed by atoms with van der Waals surface area (Å²) in [4.78, 5) is 16.7. The Labute approximate surface area is 154 Å². The highest BCUT2D eigenvalue weighted by Crippen LogP contribution is 2.20. The van der Waals surface area contributed by atoms with Crippen LogP contribution >= 0.6 is 0 Å². The molecule has 2 N–H and O–H groups in total. The maximum atomic E-state index is 12.5. The fourth-order valence-electron chi connectivity index (χ4n) is 2.73. The van der Waals surface area contributed by atoms with Crippen LogP contribution in [0.2, 0.25) is 0 Å². The summed E-state index contributed by atoms with van der Waals surface area (Å²) in [5, 5.41) is 6.32. The van der Waals surface area contributed by atoms with Crippen molar-refractivity contribution in [3.05, 3.63) is 89.2 Å². The fraction of sp³-hybridized carbons (Fsp3) is 0.182. The van der Waals surface area contributed by atoms with Crippen molar-refractivity contribution in [2.45, 2.75) is 26.8 Å². The predicted molar refractivity (Wildman–Crippen MR) is 107 cm³/mol. The van der Waals surface area contributed by atoms with Gasteiger partial charge in [0.1, 0.15) is 5.69 Å². The van der Waals surface area contributed by atoms with Crippen molar-refractivity contribution in [3.63, 3.8) is 0 Å². The van der Waals surface area contributed by atoms with E-state index in [1.165, 1.54) is 11.1 Å². The third kappa shape index (κ3) is 4.28. The van der Waals surface area contributed by atoms with E-state index in [2.05, 4.69) is 34.7 Å². The third-order valence-electron chi connectivity index (χ3n) is 4.44. The second-order valence-corrected chi connectivity index (χ2v) is 6.46. The Morgan fingerprint density at radius 3 is 2.42 bits per heavy atom. The van der Waals surface area contributed by atoms with Crippen LogP contribution in [0.5, 0.6) is 0 Å². The smallest absolute Gasteiger partial charge is 0.274 e. The molecule has 3 aromatic rings. The zero-order chi connectivity index (χ0) is 18.5. The van der Waals surface area contributed by atoms with E-state index in [0.717, 1.165) is 16.9 Å². The van der Waals surface area contributed by atoms with Gasteiger partial charge in [0.25, 0.3) is 5.91 Å². The summed E-state index contributed by atoms with van der Waals surface area (Å²) in [6.45, 7) is 6.16. The van der Waals surface area contributed by atoms with Crippen LogP contribution in [0.3, 0.4) is 0 Å². The quantitative estimate of drug-likeness (QED) is 0.674. The number of hydrogen-bond donors (Lipinski definition) is 2. The molecule has 0 saturated carbocycles. The predicted octanol–water partition coefficient (Wildman–Crippen LogP) is 5.12. The Hall–Kier alpha value is -3.14. The zero-order valence-corrected chi connectivity index (χ0v) is 15.3. The molecule has 0 aliphatic carbocycles. The van der Waals surface area contributed by atoms with Gasteiger partial charge in [-0.25, -0.2) is 0 Å². The molecule has 1 aromatic heterocycles. The molecule has 1 heterocycles. The minimum Gasteiger partial charge on any atom is -0.378 e. The molecule has 26 heavy (non-hydrogen) atoms. The van der Waals surface area contributed by atoms with E-state index in [4.69, 9.17) is 0 Å². The first kappa shape index (κ1) is 17.7. The summed E-state index contributed by atoms with van der Waals surface area (Å²) >= 11 is 0. The molecule has 2 aromatic carbocycles. The van der Waals surface area contributed by atoms with Gasteiger partial charge in [-0.1, -0.05) is 36.4 Å². The van der Waals surface area contributed by atoms with Gasteiger partial charge in [0.15, 0.2) is 0 Å². The number of rotatable bonds is 5. The fourth-order valence-corrected chi connectivity index (χ4v) is 2.73. The van der Waals surface area contributed by atoms with E-state index >= 15 is 0 Å². The first-order chi connectivity index (χ1) is 12.5. The molecule has 1 unspecified atom stereocenters. The first-order valence-corrected chi connectivity index (χ1v) is 8.69. The van der Waals surface area contributed by atoms with Crippen molar-refractivity contribution in [2.75, 3.05) is 10.6 Å². The molecule has 4 heteroatoms. The number of pyridine rings is 1.